The van der Waals surface area contributed by atoms with Crippen molar-refractivity contribution >= 4 is 17.8 Å². The van der Waals surface area contributed by atoms with Gasteiger partial charge in [-0.1, -0.05) is 54.6 Å². The van der Waals surface area contributed by atoms with Crippen molar-refractivity contribution in [1.29, 1.82) is 0 Å². The van der Waals surface area contributed by atoms with Crippen LogP contribution >= 0.6 is 0 Å². The molecule has 1 amide bonds. The summed E-state index contributed by atoms with van der Waals surface area (Å²) in [5.41, 5.74) is 2.64. The van der Waals surface area contributed by atoms with E-state index in [0.717, 1.165) is 11.1 Å². The van der Waals surface area contributed by atoms with Gasteiger partial charge in [0, 0.05) is 5.56 Å². The number of hydrogen-bond acceptors (Lipinski definition) is 4. The predicted molar refractivity (Wildman–Crippen MR) is 114 cm³/mol. The van der Waals surface area contributed by atoms with E-state index in [1.165, 1.54) is 12.1 Å². The minimum Gasteiger partial charge on any atom is -0.479 e. The van der Waals surface area contributed by atoms with Crippen molar-refractivity contribution in [3.8, 4) is 11.1 Å². The summed E-state index contributed by atoms with van der Waals surface area (Å²) in [5, 5.41) is 31.0. The van der Waals surface area contributed by atoms with E-state index in [-0.39, 0.29) is 17.5 Å². The Labute approximate surface area is 178 Å². The first-order valence-corrected chi connectivity index (χ1v) is 9.54. The van der Waals surface area contributed by atoms with Crippen molar-refractivity contribution in [3.63, 3.8) is 0 Å². The van der Waals surface area contributed by atoms with Crippen LogP contribution < -0.4 is 5.32 Å². The zero-order valence-corrected chi connectivity index (χ0v) is 16.4. The number of carbonyl (C=O) groups excluding carboxylic acids is 1. The number of aliphatic hydroxyl groups excluding tert-OH is 1. The molecule has 0 fully saturated rings. The van der Waals surface area contributed by atoms with Gasteiger partial charge in [-0.3, -0.25) is 4.79 Å². The van der Waals surface area contributed by atoms with Crippen molar-refractivity contribution in [2.24, 2.45) is 0 Å². The summed E-state index contributed by atoms with van der Waals surface area (Å²) >= 11 is 0. The van der Waals surface area contributed by atoms with Gasteiger partial charge in [-0.15, -0.1) is 0 Å². The molecule has 31 heavy (non-hydrogen) atoms. The van der Waals surface area contributed by atoms with Gasteiger partial charge in [0.05, 0.1) is 11.6 Å². The van der Waals surface area contributed by atoms with E-state index in [0.29, 0.717) is 5.56 Å². The summed E-state index contributed by atoms with van der Waals surface area (Å²) in [6.45, 7) is 0. The highest BCUT2D eigenvalue weighted by atomic mass is 16.4. The minimum absolute atomic E-state index is 0.153. The first-order chi connectivity index (χ1) is 14.8. The lowest BCUT2D eigenvalue weighted by Gasteiger charge is -2.21. The molecular weight excluding hydrogens is 398 g/mol. The van der Waals surface area contributed by atoms with E-state index in [9.17, 15) is 24.6 Å². The molecule has 4 N–H and O–H groups in total. The summed E-state index contributed by atoms with van der Waals surface area (Å²) < 4.78 is 0. The number of aliphatic hydroxyl groups is 1. The van der Waals surface area contributed by atoms with Crippen LogP contribution in [0.25, 0.3) is 11.1 Å². The Morgan fingerprint density at radius 3 is 2.06 bits per heavy atom. The van der Waals surface area contributed by atoms with Crippen LogP contribution in [0.3, 0.4) is 0 Å². The normalized spacial score (nSPS) is 12.5. The maximum Gasteiger partial charge on any atom is 0.335 e. The Kier molecular flexibility index (Phi) is 6.79. The number of aromatic carboxylic acids is 1. The number of carboxylic acids is 2. The van der Waals surface area contributed by atoms with Gasteiger partial charge in [0.15, 0.2) is 6.10 Å². The quantitative estimate of drug-likeness (QED) is 0.445. The van der Waals surface area contributed by atoms with Crippen molar-refractivity contribution in [2.75, 3.05) is 0 Å². The lowest BCUT2D eigenvalue weighted by Crippen LogP contribution is -2.48. The van der Waals surface area contributed by atoms with Crippen LogP contribution in [0.1, 0.15) is 26.3 Å². The predicted octanol–water partition coefficient (Wildman–Crippen LogP) is 2.84. The van der Waals surface area contributed by atoms with Gasteiger partial charge in [0.1, 0.15) is 0 Å². The number of aliphatic carboxylic acids is 1. The third-order valence-corrected chi connectivity index (χ3v) is 4.84. The number of benzene rings is 3. The first kappa shape index (κ1) is 21.7. The highest BCUT2D eigenvalue weighted by Gasteiger charge is 2.27. The molecule has 0 aliphatic rings. The summed E-state index contributed by atoms with van der Waals surface area (Å²) in [5.74, 6) is -2.97. The van der Waals surface area contributed by atoms with E-state index in [1.54, 1.807) is 60.7 Å². The van der Waals surface area contributed by atoms with Crippen LogP contribution in [-0.4, -0.2) is 45.3 Å². The highest BCUT2D eigenvalue weighted by Crippen LogP contribution is 2.21. The lowest BCUT2D eigenvalue weighted by atomic mass is 9.99. The number of carbonyl (C=O) groups is 3. The largest absolute Gasteiger partial charge is 0.479 e. The lowest BCUT2D eigenvalue weighted by molar-refractivity contribution is -0.148. The molecule has 3 aromatic carbocycles. The second-order valence-corrected chi connectivity index (χ2v) is 7.02. The number of nitrogens with one attached hydrogen (secondary N) is 1. The third kappa shape index (κ3) is 5.55. The second kappa shape index (κ2) is 9.69. The Balaban J connectivity index is 1.77. The van der Waals surface area contributed by atoms with Crippen molar-refractivity contribution in [2.45, 2.75) is 18.6 Å². The summed E-state index contributed by atoms with van der Waals surface area (Å²) in [6.07, 6.45) is -1.61. The molecule has 0 bridgehead atoms. The highest BCUT2D eigenvalue weighted by molar-refractivity contribution is 5.95. The summed E-state index contributed by atoms with van der Waals surface area (Å²) in [4.78, 5) is 35.1. The SMILES string of the molecule is O=C(O)c1cccc(-c2ccc(C(=O)NC(Cc3ccccc3)C(O)C(=O)O)cc2)c1. The Hall–Kier alpha value is -3.97. The van der Waals surface area contributed by atoms with Gasteiger partial charge in [0.2, 0.25) is 0 Å². The average Bonchev–Trinajstić information content (AvgIpc) is 2.79. The van der Waals surface area contributed by atoms with Crippen LogP contribution in [0.4, 0.5) is 0 Å². The van der Waals surface area contributed by atoms with Gasteiger partial charge >= 0.3 is 11.9 Å². The zero-order chi connectivity index (χ0) is 22.4. The summed E-state index contributed by atoms with van der Waals surface area (Å²) in [7, 11) is 0. The molecule has 7 nitrogen and oxygen atoms in total. The number of hydrogen-bond donors (Lipinski definition) is 4. The minimum atomic E-state index is -1.76. The third-order valence-electron chi connectivity index (χ3n) is 4.84. The van der Waals surface area contributed by atoms with Gasteiger partial charge in [-0.2, -0.15) is 0 Å². The molecule has 0 aliphatic carbocycles. The van der Waals surface area contributed by atoms with Crippen molar-refractivity contribution in [3.05, 3.63) is 95.6 Å². The Bertz CT molecular complexity index is 1080. The van der Waals surface area contributed by atoms with Crippen LogP contribution in [0.2, 0.25) is 0 Å². The maximum absolute atomic E-state index is 12.7. The molecule has 0 spiro atoms. The number of carboxylic acid groups (broad SMARTS) is 2. The van der Waals surface area contributed by atoms with Crippen LogP contribution in [0.15, 0.2) is 78.9 Å². The molecule has 7 heteroatoms. The smallest absolute Gasteiger partial charge is 0.335 e. The molecule has 2 unspecified atom stereocenters. The average molecular weight is 419 g/mol. The molecule has 0 radical (unpaired) electrons. The van der Waals surface area contributed by atoms with E-state index in [1.807, 2.05) is 6.07 Å². The molecule has 0 aliphatic heterocycles. The topological polar surface area (TPSA) is 124 Å². The van der Waals surface area contributed by atoms with Crippen LogP contribution in [0.5, 0.6) is 0 Å². The fourth-order valence-corrected chi connectivity index (χ4v) is 3.18. The molecule has 0 saturated carbocycles. The Morgan fingerprint density at radius 1 is 0.774 bits per heavy atom. The van der Waals surface area contributed by atoms with Crippen molar-refractivity contribution in [1.82, 2.24) is 5.32 Å². The monoisotopic (exact) mass is 419 g/mol. The number of rotatable bonds is 8. The second-order valence-electron chi connectivity index (χ2n) is 7.02. The van der Waals surface area contributed by atoms with Gasteiger partial charge in [0.25, 0.3) is 5.91 Å². The molecular formula is C24H21NO6. The molecule has 0 aromatic heterocycles. The van der Waals surface area contributed by atoms with E-state index < -0.39 is 30.0 Å². The van der Waals surface area contributed by atoms with E-state index in [4.69, 9.17) is 5.11 Å². The maximum atomic E-state index is 12.7. The van der Waals surface area contributed by atoms with E-state index >= 15 is 0 Å². The fourth-order valence-electron chi connectivity index (χ4n) is 3.18. The van der Waals surface area contributed by atoms with Gasteiger partial charge < -0.3 is 20.6 Å². The molecule has 2 atom stereocenters. The van der Waals surface area contributed by atoms with Gasteiger partial charge in [-0.05, 0) is 47.4 Å². The number of amides is 1. The molecule has 0 saturated heterocycles. The summed E-state index contributed by atoms with van der Waals surface area (Å²) in [6, 6.07) is 20.9. The Morgan fingerprint density at radius 2 is 1.45 bits per heavy atom. The molecule has 0 heterocycles. The van der Waals surface area contributed by atoms with Gasteiger partial charge in [-0.25, -0.2) is 9.59 Å². The van der Waals surface area contributed by atoms with Crippen molar-refractivity contribution < 1.29 is 29.7 Å². The fraction of sp³-hybridized carbons (Fsp3) is 0.125. The molecule has 158 valence electrons. The first-order valence-electron chi connectivity index (χ1n) is 9.54. The van der Waals surface area contributed by atoms with Crippen LogP contribution in [-0.2, 0) is 11.2 Å². The standard InChI is InChI=1S/C24H21NO6/c26-21(24(30)31)20(13-15-5-2-1-3-6-15)25-22(27)17-11-9-16(10-12-17)18-7-4-8-19(14-18)23(28)29/h1-12,14,20-21,26H,13H2,(H,25,27)(H,28,29)(H,30,31). The molecule has 3 rings (SSSR count). The van der Waals surface area contributed by atoms with E-state index in [2.05, 4.69) is 5.32 Å². The van der Waals surface area contributed by atoms with Crippen LogP contribution in [0, 0.1) is 0 Å². The zero-order valence-electron chi connectivity index (χ0n) is 16.4. The molecule has 3 aromatic rings.